The molecule has 0 unspecified atom stereocenters. The number of benzene rings is 1. The molecule has 0 heterocycles. The first-order valence-corrected chi connectivity index (χ1v) is 7.33. The molecule has 1 aliphatic rings. The monoisotopic (exact) mass is 272 g/mol. The van der Waals surface area contributed by atoms with Crippen molar-refractivity contribution in [1.29, 1.82) is 5.26 Å². The standard InChI is InChI=1S/C17H24N2O/c1-17(2)8-6-15(7-9-17)19(3)16-5-4-13(12-20)10-14(16)11-18/h4-5,10,15,20H,6-9,12H2,1-3H3. The zero-order chi connectivity index (χ0) is 14.8. The molecule has 1 saturated carbocycles. The predicted molar refractivity (Wildman–Crippen MR) is 81.5 cm³/mol. The normalized spacial score (nSPS) is 18.6. The molecule has 0 bridgehead atoms. The Morgan fingerprint density at radius 3 is 2.55 bits per heavy atom. The Labute approximate surface area is 121 Å². The molecule has 0 spiro atoms. The molecular weight excluding hydrogens is 248 g/mol. The van der Waals surface area contributed by atoms with Crippen LogP contribution in [0.25, 0.3) is 0 Å². The minimum absolute atomic E-state index is 0.0176. The lowest BCUT2D eigenvalue weighted by Gasteiger charge is -2.39. The van der Waals surface area contributed by atoms with Gasteiger partial charge in [0.05, 0.1) is 17.9 Å². The molecule has 1 aromatic rings. The molecule has 20 heavy (non-hydrogen) atoms. The number of anilines is 1. The molecule has 2 rings (SSSR count). The second-order valence-electron chi connectivity index (χ2n) is 6.63. The summed E-state index contributed by atoms with van der Waals surface area (Å²) >= 11 is 0. The first-order valence-electron chi connectivity index (χ1n) is 7.33. The third-order valence-corrected chi connectivity index (χ3v) is 4.60. The minimum Gasteiger partial charge on any atom is -0.392 e. The van der Waals surface area contributed by atoms with E-state index in [4.69, 9.17) is 0 Å². The molecule has 1 aromatic carbocycles. The van der Waals surface area contributed by atoms with E-state index >= 15 is 0 Å². The summed E-state index contributed by atoms with van der Waals surface area (Å²) in [4.78, 5) is 2.24. The van der Waals surface area contributed by atoms with E-state index in [2.05, 4.69) is 31.9 Å². The lowest BCUT2D eigenvalue weighted by Crippen LogP contribution is -2.37. The van der Waals surface area contributed by atoms with Crippen molar-refractivity contribution in [2.45, 2.75) is 52.2 Å². The Morgan fingerprint density at radius 2 is 2.00 bits per heavy atom. The van der Waals surface area contributed by atoms with Crippen LogP contribution in [0.3, 0.4) is 0 Å². The molecule has 0 saturated heterocycles. The van der Waals surface area contributed by atoms with Gasteiger partial charge in [-0.1, -0.05) is 19.9 Å². The van der Waals surface area contributed by atoms with E-state index in [1.807, 2.05) is 12.1 Å². The van der Waals surface area contributed by atoms with Gasteiger partial charge in [0, 0.05) is 13.1 Å². The topological polar surface area (TPSA) is 47.3 Å². The molecule has 0 aromatic heterocycles. The zero-order valence-electron chi connectivity index (χ0n) is 12.7. The van der Waals surface area contributed by atoms with E-state index in [0.717, 1.165) is 11.3 Å². The third kappa shape index (κ3) is 3.13. The molecule has 0 atom stereocenters. The summed E-state index contributed by atoms with van der Waals surface area (Å²) in [6.45, 7) is 4.65. The zero-order valence-corrected chi connectivity index (χ0v) is 12.7. The van der Waals surface area contributed by atoms with Gasteiger partial charge in [0.15, 0.2) is 0 Å². The van der Waals surface area contributed by atoms with E-state index in [1.54, 1.807) is 6.07 Å². The minimum atomic E-state index is -0.0176. The average molecular weight is 272 g/mol. The van der Waals surface area contributed by atoms with E-state index in [0.29, 0.717) is 17.0 Å². The first-order chi connectivity index (χ1) is 9.46. The molecule has 3 heteroatoms. The summed E-state index contributed by atoms with van der Waals surface area (Å²) in [6, 6.07) is 8.42. The van der Waals surface area contributed by atoms with Gasteiger partial charge in [-0.25, -0.2) is 0 Å². The van der Waals surface area contributed by atoms with Crippen LogP contribution in [0.4, 0.5) is 5.69 Å². The van der Waals surface area contributed by atoms with Crippen LogP contribution in [-0.2, 0) is 6.61 Å². The summed E-state index contributed by atoms with van der Waals surface area (Å²) in [5, 5.41) is 18.5. The summed E-state index contributed by atoms with van der Waals surface area (Å²) in [5.41, 5.74) is 2.89. The van der Waals surface area contributed by atoms with Gasteiger partial charge < -0.3 is 10.0 Å². The Morgan fingerprint density at radius 1 is 1.35 bits per heavy atom. The maximum absolute atomic E-state index is 9.31. The van der Waals surface area contributed by atoms with Gasteiger partial charge in [0.25, 0.3) is 0 Å². The summed E-state index contributed by atoms with van der Waals surface area (Å²) < 4.78 is 0. The van der Waals surface area contributed by atoms with E-state index in [1.165, 1.54) is 25.7 Å². The highest BCUT2D eigenvalue weighted by Gasteiger charge is 2.29. The average Bonchev–Trinajstić information content (AvgIpc) is 2.45. The highest BCUT2D eigenvalue weighted by Crippen LogP contribution is 2.38. The van der Waals surface area contributed by atoms with Crippen LogP contribution in [0.5, 0.6) is 0 Å². The van der Waals surface area contributed by atoms with E-state index < -0.39 is 0 Å². The molecule has 108 valence electrons. The van der Waals surface area contributed by atoms with E-state index in [9.17, 15) is 10.4 Å². The fourth-order valence-corrected chi connectivity index (χ4v) is 3.05. The van der Waals surface area contributed by atoms with Crippen molar-refractivity contribution in [3.63, 3.8) is 0 Å². The van der Waals surface area contributed by atoms with Crippen molar-refractivity contribution in [3.8, 4) is 6.07 Å². The molecule has 3 nitrogen and oxygen atoms in total. The number of aliphatic hydroxyl groups excluding tert-OH is 1. The number of rotatable bonds is 3. The van der Waals surface area contributed by atoms with Crippen LogP contribution >= 0.6 is 0 Å². The van der Waals surface area contributed by atoms with Crippen molar-refractivity contribution in [2.24, 2.45) is 5.41 Å². The lowest BCUT2D eigenvalue weighted by molar-refractivity contribution is 0.222. The lowest BCUT2D eigenvalue weighted by atomic mass is 9.75. The fraction of sp³-hybridized carbons (Fsp3) is 0.588. The van der Waals surface area contributed by atoms with Gasteiger partial charge in [-0.05, 0) is 48.8 Å². The van der Waals surface area contributed by atoms with Gasteiger partial charge >= 0.3 is 0 Å². The van der Waals surface area contributed by atoms with Gasteiger partial charge in [0.1, 0.15) is 6.07 Å². The largest absolute Gasteiger partial charge is 0.392 e. The quantitative estimate of drug-likeness (QED) is 0.916. The van der Waals surface area contributed by atoms with Crippen LogP contribution < -0.4 is 4.90 Å². The summed E-state index contributed by atoms with van der Waals surface area (Å²) in [5.74, 6) is 0. The summed E-state index contributed by atoms with van der Waals surface area (Å²) in [6.07, 6.45) is 4.82. The Bertz CT molecular complexity index is 506. The number of hydrogen-bond donors (Lipinski definition) is 1. The second kappa shape index (κ2) is 5.85. The number of nitrogens with zero attached hydrogens (tertiary/aromatic N) is 2. The number of hydrogen-bond acceptors (Lipinski definition) is 3. The summed E-state index contributed by atoms with van der Waals surface area (Å²) in [7, 11) is 2.08. The maximum atomic E-state index is 9.31. The van der Waals surface area contributed by atoms with Gasteiger partial charge in [-0.3, -0.25) is 0 Å². The molecule has 0 radical (unpaired) electrons. The molecule has 1 fully saturated rings. The van der Waals surface area contributed by atoms with E-state index in [-0.39, 0.29) is 6.61 Å². The molecule has 1 N–H and O–H groups in total. The van der Waals surface area contributed by atoms with Crippen LogP contribution in [0, 0.1) is 16.7 Å². The molecule has 1 aliphatic carbocycles. The fourth-order valence-electron chi connectivity index (χ4n) is 3.05. The Kier molecular flexibility index (Phi) is 4.35. The number of aliphatic hydroxyl groups is 1. The predicted octanol–water partition coefficient (Wildman–Crippen LogP) is 3.46. The van der Waals surface area contributed by atoms with Crippen LogP contribution in [0.15, 0.2) is 18.2 Å². The second-order valence-corrected chi connectivity index (χ2v) is 6.63. The van der Waals surface area contributed by atoms with Crippen LogP contribution in [0.1, 0.15) is 50.7 Å². The van der Waals surface area contributed by atoms with Gasteiger partial charge in [-0.15, -0.1) is 0 Å². The maximum Gasteiger partial charge on any atom is 0.101 e. The van der Waals surface area contributed by atoms with Gasteiger partial charge in [0.2, 0.25) is 0 Å². The van der Waals surface area contributed by atoms with Crippen molar-refractivity contribution in [2.75, 3.05) is 11.9 Å². The molecular formula is C17H24N2O. The van der Waals surface area contributed by atoms with Crippen molar-refractivity contribution >= 4 is 5.69 Å². The van der Waals surface area contributed by atoms with Crippen molar-refractivity contribution < 1.29 is 5.11 Å². The molecule has 0 aliphatic heterocycles. The Balaban J connectivity index is 2.17. The third-order valence-electron chi connectivity index (χ3n) is 4.60. The SMILES string of the molecule is CN(c1ccc(CO)cc1C#N)C1CCC(C)(C)CC1. The van der Waals surface area contributed by atoms with Crippen molar-refractivity contribution in [3.05, 3.63) is 29.3 Å². The highest BCUT2D eigenvalue weighted by molar-refractivity contribution is 5.60. The highest BCUT2D eigenvalue weighted by atomic mass is 16.3. The molecule has 0 amide bonds. The number of nitriles is 1. The first kappa shape index (κ1) is 14.9. The smallest absolute Gasteiger partial charge is 0.101 e. The van der Waals surface area contributed by atoms with Crippen LogP contribution in [0.2, 0.25) is 0 Å². The van der Waals surface area contributed by atoms with Crippen LogP contribution in [-0.4, -0.2) is 18.2 Å². The van der Waals surface area contributed by atoms with Gasteiger partial charge in [-0.2, -0.15) is 5.26 Å². The Hall–Kier alpha value is -1.53. The van der Waals surface area contributed by atoms with Crippen molar-refractivity contribution in [1.82, 2.24) is 0 Å².